The Balaban J connectivity index is 1.87. The molecule has 4 nitrogen and oxygen atoms in total. The van der Waals surface area contributed by atoms with Gasteiger partial charge in [0.25, 0.3) is 5.91 Å². The highest BCUT2D eigenvalue weighted by Gasteiger charge is 2.40. The quantitative estimate of drug-likeness (QED) is 0.872. The fourth-order valence-electron chi connectivity index (χ4n) is 2.79. The third-order valence-electron chi connectivity index (χ3n) is 3.96. The third-order valence-corrected chi connectivity index (χ3v) is 4.29. The molecule has 0 aliphatic carbocycles. The molecule has 23 heavy (non-hydrogen) atoms. The summed E-state index contributed by atoms with van der Waals surface area (Å²) in [5, 5.41) is 3.61. The number of halogens is 1. The van der Waals surface area contributed by atoms with Crippen LogP contribution in [0.2, 0.25) is 5.02 Å². The minimum atomic E-state index is -0.590. The fraction of sp³-hybridized carbons (Fsp3) is 0.222. The summed E-state index contributed by atoms with van der Waals surface area (Å²) in [6.07, 6.45) is 0.887. The first-order chi connectivity index (χ1) is 11.1. The number of carbonyl (C=O) groups excluding carboxylic acids is 2. The predicted molar refractivity (Wildman–Crippen MR) is 91.8 cm³/mol. The van der Waals surface area contributed by atoms with Crippen molar-refractivity contribution < 1.29 is 9.59 Å². The molecule has 1 atom stereocenters. The van der Waals surface area contributed by atoms with Gasteiger partial charge in [0.05, 0.1) is 22.8 Å². The summed E-state index contributed by atoms with van der Waals surface area (Å²) in [6.45, 7) is 2.00. The molecule has 2 aromatic rings. The number of amides is 2. The predicted octanol–water partition coefficient (Wildman–Crippen LogP) is 3.65. The summed E-state index contributed by atoms with van der Waals surface area (Å²) in [5.41, 5.74) is 2.31. The second kappa shape index (κ2) is 6.42. The number of anilines is 2. The standard InChI is InChI=1S/C18H17ClN2O2/c1-2-12-7-3-6-10-16(12)21-17(22)11-15(18(21)23)20-14-9-5-4-8-13(14)19/h3-10,15,20H,2,11H2,1H3/t15-/m1/s1. The molecule has 1 N–H and O–H groups in total. The molecule has 2 aromatic carbocycles. The van der Waals surface area contributed by atoms with Crippen LogP contribution in [0.5, 0.6) is 0 Å². The number of imide groups is 1. The van der Waals surface area contributed by atoms with Crippen molar-refractivity contribution in [3.8, 4) is 0 Å². The SMILES string of the molecule is CCc1ccccc1N1C(=O)C[C@@H](Nc2ccccc2Cl)C1=O. The van der Waals surface area contributed by atoms with E-state index in [1.54, 1.807) is 12.1 Å². The zero-order chi connectivity index (χ0) is 16.4. The first-order valence-corrected chi connectivity index (χ1v) is 7.95. The molecule has 1 fully saturated rings. The van der Waals surface area contributed by atoms with Crippen LogP contribution in [0.15, 0.2) is 48.5 Å². The smallest absolute Gasteiger partial charge is 0.256 e. The lowest BCUT2D eigenvalue weighted by atomic mass is 10.1. The minimum absolute atomic E-state index is 0.127. The van der Waals surface area contributed by atoms with Crippen LogP contribution in [0.25, 0.3) is 0 Å². The molecular weight excluding hydrogens is 312 g/mol. The van der Waals surface area contributed by atoms with Crippen molar-refractivity contribution in [1.82, 2.24) is 0 Å². The lowest BCUT2D eigenvalue weighted by Crippen LogP contribution is -2.35. The van der Waals surface area contributed by atoms with Crippen molar-refractivity contribution in [3.05, 3.63) is 59.1 Å². The van der Waals surface area contributed by atoms with E-state index in [0.717, 1.165) is 12.0 Å². The summed E-state index contributed by atoms with van der Waals surface area (Å²) >= 11 is 6.12. The van der Waals surface area contributed by atoms with E-state index in [0.29, 0.717) is 16.4 Å². The molecule has 0 radical (unpaired) electrons. The average molecular weight is 329 g/mol. The van der Waals surface area contributed by atoms with E-state index in [-0.39, 0.29) is 18.2 Å². The van der Waals surface area contributed by atoms with Gasteiger partial charge in [0.1, 0.15) is 6.04 Å². The Morgan fingerprint density at radius 2 is 1.83 bits per heavy atom. The molecule has 0 bridgehead atoms. The number of nitrogens with zero attached hydrogens (tertiary/aromatic N) is 1. The molecule has 3 rings (SSSR count). The summed E-state index contributed by atoms with van der Waals surface area (Å²) in [5.74, 6) is -0.434. The molecular formula is C18H17ClN2O2. The van der Waals surface area contributed by atoms with Crippen LogP contribution < -0.4 is 10.2 Å². The highest BCUT2D eigenvalue weighted by atomic mass is 35.5. The van der Waals surface area contributed by atoms with Gasteiger partial charge in [-0.05, 0) is 30.2 Å². The Labute approximate surface area is 140 Å². The summed E-state index contributed by atoms with van der Waals surface area (Å²) in [4.78, 5) is 26.4. The van der Waals surface area contributed by atoms with E-state index in [1.165, 1.54) is 4.90 Å². The van der Waals surface area contributed by atoms with Gasteiger partial charge in [-0.1, -0.05) is 48.9 Å². The second-order valence-electron chi connectivity index (χ2n) is 5.43. The number of para-hydroxylation sites is 2. The Morgan fingerprint density at radius 1 is 1.13 bits per heavy atom. The van der Waals surface area contributed by atoms with Gasteiger partial charge in [-0.15, -0.1) is 0 Å². The Hall–Kier alpha value is -2.33. The van der Waals surface area contributed by atoms with Crippen molar-refractivity contribution in [1.29, 1.82) is 0 Å². The monoisotopic (exact) mass is 328 g/mol. The van der Waals surface area contributed by atoms with Crippen LogP contribution in [0, 0.1) is 0 Å². The van der Waals surface area contributed by atoms with Crippen LogP contribution in [-0.4, -0.2) is 17.9 Å². The van der Waals surface area contributed by atoms with Gasteiger partial charge in [0.15, 0.2) is 0 Å². The van der Waals surface area contributed by atoms with E-state index < -0.39 is 6.04 Å². The van der Waals surface area contributed by atoms with Crippen molar-refractivity contribution in [2.75, 3.05) is 10.2 Å². The molecule has 0 unspecified atom stereocenters. The molecule has 1 aliphatic heterocycles. The Bertz CT molecular complexity index is 760. The van der Waals surface area contributed by atoms with E-state index in [9.17, 15) is 9.59 Å². The highest BCUT2D eigenvalue weighted by Crippen LogP contribution is 2.29. The van der Waals surface area contributed by atoms with Crippen molar-refractivity contribution in [3.63, 3.8) is 0 Å². The number of hydrogen-bond donors (Lipinski definition) is 1. The highest BCUT2D eigenvalue weighted by molar-refractivity contribution is 6.33. The van der Waals surface area contributed by atoms with E-state index in [4.69, 9.17) is 11.6 Å². The largest absolute Gasteiger partial charge is 0.372 e. The summed E-state index contributed by atoms with van der Waals surface area (Å²) < 4.78 is 0. The normalized spacial score (nSPS) is 17.7. The number of nitrogens with one attached hydrogen (secondary N) is 1. The number of rotatable bonds is 4. The van der Waals surface area contributed by atoms with Crippen LogP contribution in [-0.2, 0) is 16.0 Å². The number of benzene rings is 2. The maximum absolute atomic E-state index is 12.7. The van der Waals surface area contributed by atoms with Gasteiger partial charge < -0.3 is 5.32 Å². The van der Waals surface area contributed by atoms with E-state index >= 15 is 0 Å². The van der Waals surface area contributed by atoms with Crippen LogP contribution >= 0.6 is 11.6 Å². The van der Waals surface area contributed by atoms with Crippen LogP contribution in [0.1, 0.15) is 18.9 Å². The minimum Gasteiger partial charge on any atom is -0.372 e. The molecule has 0 spiro atoms. The van der Waals surface area contributed by atoms with Crippen LogP contribution in [0.3, 0.4) is 0 Å². The summed E-state index contributed by atoms with van der Waals surface area (Å²) in [7, 11) is 0. The second-order valence-corrected chi connectivity index (χ2v) is 5.84. The van der Waals surface area contributed by atoms with Gasteiger partial charge in [-0.2, -0.15) is 0 Å². The van der Waals surface area contributed by atoms with Gasteiger partial charge in [0.2, 0.25) is 5.91 Å². The fourth-order valence-corrected chi connectivity index (χ4v) is 2.98. The molecule has 0 saturated carbocycles. The first-order valence-electron chi connectivity index (χ1n) is 7.57. The van der Waals surface area contributed by atoms with Gasteiger partial charge in [-0.3, -0.25) is 9.59 Å². The number of aryl methyl sites for hydroxylation is 1. The molecule has 1 heterocycles. The maximum atomic E-state index is 12.7. The molecule has 2 amide bonds. The zero-order valence-corrected chi connectivity index (χ0v) is 13.5. The molecule has 1 saturated heterocycles. The van der Waals surface area contributed by atoms with Gasteiger partial charge in [-0.25, -0.2) is 4.90 Å². The maximum Gasteiger partial charge on any atom is 0.256 e. The topological polar surface area (TPSA) is 49.4 Å². The van der Waals surface area contributed by atoms with Crippen molar-refractivity contribution in [2.24, 2.45) is 0 Å². The summed E-state index contributed by atoms with van der Waals surface area (Å²) in [6, 6.07) is 14.1. The van der Waals surface area contributed by atoms with Crippen molar-refractivity contribution >= 4 is 34.8 Å². The molecule has 118 valence electrons. The average Bonchev–Trinajstić information content (AvgIpc) is 2.83. The van der Waals surface area contributed by atoms with E-state index in [2.05, 4.69) is 5.32 Å². The lowest BCUT2D eigenvalue weighted by molar-refractivity contribution is -0.121. The number of hydrogen-bond acceptors (Lipinski definition) is 3. The van der Waals surface area contributed by atoms with Gasteiger partial charge in [0, 0.05) is 0 Å². The Morgan fingerprint density at radius 3 is 2.57 bits per heavy atom. The number of carbonyl (C=O) groups is 2. The Kier molecular flexibility index (Phi) is 4.35. The van der Waals surface area contributed by atoms with Crippen LogP contribution in [0.4, 0.5) is 11.4 Å². The molecule has 1 aliphatic rings. The first kappa shape index (κ1) is 15.6. The van der Waals surface area contributed by atoms with E-state index in [1.807, 2.05) is 43.3 Å². The van der Waals surface area contributed by atoms with Crippen molar-refractivity contribution in [2.45, 2.75) is 25.8 Å². The lowest BCUT2D eigenvalue weighted by Gasteiger charge is -2.19. The molecule has 0 aromatic heterocycles. The zero-order valence-electron chi connectivity index (χ0n) is 12.8. The third kappa shape index (κ3) is 2.94. The van der Waals surface area contributed by atoms with Gasteiger partial charge >= 0.3 is 0 Å². The molecule has 5 heteroatoms.